The van der Waals surface area contributed by atoms with Gasteiger partial charge in [-0.2, -0.15) is 0 Å². The van der Waals surface area contributed by atoms with Crippen molar-refractivity contribution in [1.82, 2.24) is 15.5 Å². The number of fused-ring (bicyclic) bond motifs is 2. The zero-order valence-electron chi connectivity index (χ0n) is 25.8. The Morgan fingerprint density at radius 3 is 2.57 bits per heavy atom. The van der Waals surface area contributed by atoms with Crippen LogP contribution in [0.3, 0.4) is 0 Å². The molecule has 1 aromatic carbocycles. The molecule has 42 heavy (non-hydrogen) atoms. The van der Waals surface area contributed by atoms with E-state index in [1.807, 2.05) is 58.0 Å². The van der Waals surface area contributed by atoms with Crippen molar-refractivity contribution in [2.75, 3.05) is 19.7 Å². The molecule has 2 amide bonds. The number of nitrogens with zero attached hydrogens (tertiary/aromatic N) is 1. The number of nitrogens with one attached hydrogen (secondary N) is 2. The summed E-state index contributed by atoms with van der Waals surface area (Å²) in [7, 11) is 0. The maximum absolute atomic E-state index is 13.5. The predicted octanol–water partition coefficient (Wildman–Crippen LogP) is 4.02. The fourth-order valence-electron chi connectivity index (χ4n) is 7.51. The number of carbonyl (C=O) groups excluding carboxylic acids is 2. The fourth-order valence-corrected chi connectivity index (χ4v) is 7.51. The smallest absolute Gasteiger partial charge is 0.407 e. The van der Waals surface area contributed by atoms with Crippen LogP contribution in [-0.2, 0) is 25.4 Å². The van der Waals surface area contributed by atoms with Crippen molar-refractivity contribution in [3.63, 3.8) is 0 Å². The number of likely N-dealkylation sites (tertiary alicyclic amines) is 1. The molecule has 0 radical (unpaired) electrons. The Labute approximate surface area is 251 Å². The van der Waals surface area contributed by atoms with E-state index in [9.17, 15) is 14.7 Å². The van der Waals surface area contributed by atoms with Crippen molar-refractivity contribution in [1.29, 1.82) is 0 Å². The third kappa shape index (κ3) is 7.84. The lowest BCUT2D eigenvalue weighted by Gasteiger charge is -2.47. The van der Waals surface area contributed by atoms with Gasteiger partial charge in [-0.25, -0.2) is 4.79 Å². The van der Waals surface area contributed by atoms with Crippen molar-refractivity contribution in [2.24, 2.45) is 17.8 Å². The van der Waals surface area contributed by atoms with Gasteiger partial charge in [-0.05, 0) is 77.2 Å². The van der Waals surface area contributed by atoms with E-state index in [1.54, 1.807) is 0 Å². The van der Waals surface area contributed by atoms with Gasteiger partial charge in [0, 0.05) is 31.2 Å². The van der Waals surface area contributed by atoms with Crippen molar-refractivity contribution in [2.45, 2.75) is 121 Å². The van der Waals surface area contributed by atoms with Crippen molar-refractivity contribution in [3.05, 3.63) is 35.9 Å². The molecule has 0 aromatic heterocycles. The Bertz CT molecular complexity index is 1050. The number of hydrogen-bond acceptors (Lipinski definition) is 7. The first-order valence-electron chi connectivity index (χ1n) is 16.1. The molecule has 5 rings (SSSR count). The molecule has 0 unspecified atom stereocenters. The van der Waals surface area contributed by atoms with Crippen LogP contribution in [0, 0.1) is 17.8 Å². The van der Waals surface area contributed by atoms with E-state index in [1.165, 1.54) is 19.3 Å². The maximum atomic E-state index is 13.5. The second-order valence-electron chi connectivity index (χ2n) is 14.0. The number of piperidine rings is 1. The highest BCUT2D eigenvalue weighted by Gasteiger charge is 2.47. The van der Waals surface area contributed by atoms with Crippen molar-refractivity contribution < 1.29 is 28.9 Å². The molecule has 3 N–H and O–H groups in total. The zero-order chi connectivity index (χ0) is 29.9. The highest BCUT2D eigenvalue weighted by molar-refractivity contribution is 5.82. The van der Waals surface area contributed by atoms with Gasteiger partial charge in [0.05, 0.1) is 24.3 Å². The van der Waals surface area contributed by atoms with Gasteiger partial charge in [0.25, 0.3) is 0 Å². The molecule has 234 valence electrons. The van der Waals surface area contributed by atoms with Crippen molar-refractivity contribution >= 4 is 12.0 Å². The van der Waals surface area contributed by atoms with E-state index in [0.717, 1.165) is 37.8 Å². The lowest BCUT2D eigenvalue weighted by atomic mass is 9.72. The van der Waals surface area contributed by atoms with Crippen LogP contribution in [0.2, 0.25) is 0 Å². The van der Waals surface area contributed by atoms with Crippen LogP contribution in [0.25, 0.3) is 0 Å². The summed E-state index contributed by atoms with van der Waals surface area (Å²) in [5.41, 5.74) is 0.670. The summed E-state index contributed by atoms with van der Waals surface area (Å²) in [5, 5.41) is 17.9. The zero-order valence-corrected chi connectivity index (χ0v) is 25.8. The number of ether oxygens (including phenoxy) is 3. The highest BCUT2D eigenvalue weighted by Crippen LogP contribution is 2.39. The third-order valence-corrected chi connectivity index (χ3v) is 9.58. The summed E-state index contributed by atoms with van der Waals surface area (Å²) in [5.74, 6) is 1.10. The maximum Gasteiger partial charge on any atom is 0.407 e. The summed E-state index contributed by atoms with van der Waals surface area (Å²) >= 11 is 0. The molecule has 4 aliphatic rings. The second kappa shape index (κ2) is 13.6. The molecule has 0 bridgehead atoms. The molecule has 3 saturated heterocycles. The molecule has 9 heteroatoms. The Morgan fingerprint density at radius 2 is 1.83 bits per heavy atom. The van der Waals surface area contributed by atoms with Crippen LogP contribution in [0.15, 0.2) is 30.3 Å². The minimum atomic E-state index is -0.897. The minimum Gasteiger partial charge on any atom is -0.443 e. The first-order valence-corrected chi connectivity index (χ1v) is 16.1. The van der Waals surface area contributed by atoms with Gasteiger partial charge >= 0.3 is 6.09 Å². The van der Waals surface area contributed by atoms with Crippen LogP contribution in [0.1, 0.15) is 78.2 Å². The predicted molar refractivity (Wildman–Crippen MR) is 160 cm³/mol. The normalized spacial score (nSPS) is 33.1. The lowest BCUT2D eigenvalue weighted by Crippen LogP contribution is -2.60. The molecule has 1 saturated carbocycles. The number of rotatable bonds is 8. The average molecular weight is 586 g/mol. The number of β-amino-alcohol motifs (C(OH)–C–C–N with tert-alkyl or cyclic N) is 1. The summed E-state index contributed by atoms with van der Waals surface area (Å²) < 4.78 is 17.6. The van der Waals surface area contributed by atoms with Gasteiger partial charge in [0.15, 0.2) is 6.29 Å². The molecule has 4 fully saturated rings. The first-order chi connectivity index (χ1) is 20.1. The topological polar surface area (TPSA) is 109 Å². The fraction of sp³-hybridized carbons (Fsp3) is 0.758. The molecule has 9 nitrogen and oxygen atoms in total. The number of aliphatic hydroxyl groups is 1. The number of carbonyl (C=O) groups is 2. The second-order valence-corrected chi connectivity index (χ2v) is 14.0. The van der Waals surface area contributed by atoms with Crippen molar-refractivity contribution in [3.8, 4) is 0 Å². The Morgan fingerprint density at radius 1 is 1.10 bits per heavy atom. The molecular formula is C33H51N3O6. The Kier molecular flexibility index (Phi) is 10.1. The van der Waals surface area contributed by atoms with Gasteiger partial charge < -0.3 is 30.0 Å². The molecule has 9 atom stereocenters. The molecule has 0 spiro atoms. The Hall–Kier alpha value is -2.20. The van der Waals surface area contributed by atoms with Crippen LogP contribution in [0.5, 0.6) is 0 Å². The Balaban J connectivity index is 1.30. The van der Waals surface area contributed by atoms with E-state index in [0.29, 0.717) is 31.4 Å². The number of aliphatic hydroxyl groups excluding tert-OH is 1. The van der Waals surface area contributed by atoms with E-state index in [2.05, 4.69) is 15.5 Å². The van der Waals surface area contributed by atoms with Gasteiger partial charge in [0.1, 0.15) is 6.10 Å². The quantitative estimate of drug-likeness (QED) is 0.423. The van der Waals surface area contributed by atoms with E-state index >= 15 is 0 Å². The first kappa shape index (κ1) is 31.2. The van der Waals surface area contributed by atoms with E-state index in [4.69, 9.17) is 14.2 Å². The molecule has 3 aliphatic heterocycles. The largest absolute Gasteiger partial charge is 0.443 e. The van der Waals surface area contributed by atoms with Crippen LogP contribution in [-0.4, -0.2) is 83.9 Å². The van der Waals surface area contributed by atoms with Gasteiger partial charge in [-0.15, -0.1) is 0 Å². The molecule has 3 heterocycles. The summed E-state index contributed by atoms with van der Waals surface area (Å²) in [6.45, 7) is 9.65. The molecular weight excluding hydrogens is 534 g/mol. The van der Waals surface area contributed by atoms with Gasteiger partial charge in [0.2, 0.25) is 5.91 Å². The standard InChI is InChI=1S/C33H51N3O6/c1-21-29(25-15-10-16-40-31(25)41-21)42-32(39)34-26(17-22-11-6-5-7-12-22)28(37)20-36-19-24-14-9-8-13-23(24)18-27(36)30(38)35-33(2,3)4/h5-7,11-12,21,23-29,31,37H,8-10,13-20H2,1-4H3,(H,34,39)(H,35,38)/t21-,23-,24+,25+,26-,27-,28+,29+,31-/m0/s1. The number of hydrogen-bond donors (Lipinski definition) is 3. The summed E-state index contributed by atoms with van der Waals surface area (Å²) in [6.07, 6.45) is 5.37. The monoisotopic (exact) mass is 585 g/mol. The van der Waals surface area contributed by atoms with Crippen LogP contribution < -0.4 is 10.6 Å². The summed E-state index contributed by atoms with van der Waals surface area (Å²) in [6, 6.07) is 8.96. The van der Waals surface area contributed by atoms with E-state index in [-0.39, 0.29) is 35.8 Å². The summed E-state index contributed by atoms with van der Waals surface area (Å²) in [4.78, 5) is 29.0. The number of amides is 2. The van der Waals surface area contributed by atoms with Crippen LogP contribution in [0.4, 0.5) is 4.79 Å². The lowest BCUT2D eigenvalue weighted by molar-refractivity contribution is -0.164. The average Bonchev–Trinajstić information content (AvgIpc) is 3.26. The number of alkyl carbamates (subject to hydrolysis) is 1. The number of benzene rings is 1. The van der Waals surface area contributed by atoms with E-state index < -0.39 is 24.3 Å². The SMILES string of the molecule is C[C@@H]1O[C@@H]2OCCC[C@@H]2[C@@H]1OC(=O)N[C@@H](Cc1ccccc1)[C@H](O)CN1C[C@H]2CCCC[C@H]2C[C@H]1C(=O)NC(C)(C)C. The molecule has 1 aromatic rings. The molecule has 1 aliphatic carbocycles. The van der Waals surface area contributed by atoms with Crippen LogP contribution >= 0.6 is 0 Å². The third-order valence-electron chi connectivity index (χ3n) is 9.58. The highest BCUT2D eigenvalue weighted by atomic mass is 16.7. The van der Waals surface area contributed by atoms with Gasteiger partial charge in [-0.1, -0.05) is 49.6 Å². The minimum absolute atomic E-state index is 0.0101. The van der Waals surface area contributed by atoms with Gasteiger partial charge in [-0.3, -0.25) is 9.69 Å².